The summed E-state index contributed by atoms with van der Waals surface area (Å²) in [7, 11) is 0. The Morgan fingerprint density at radius 2 is 1.88 bits per heavy atom. The third-order valence-corrected chi connectivity index (χ3v) is 3.50. The van der Waals surface area contributed by atoms with E-state index in [0.717, 1.165) is 0 Å². The van der Waals surface area contributed by atoms with Crippen molar-refractivity contribution in [3.05, 3.63) is 59.2 Å². The Hall–Kier alpha value is -3.20. The first kappa shape index (κ1) is 18.1. The van der Waals surface area contributed by atoms with Crippen molar-refractivity contribution in [3.63, 3.8) is 0 Å². The van der Waals surface area contributed by atoms with Gasteiger partial charge < -0.3 is 4.74 Å². The quantitative estimate of drug-likeness (QED) is 0.758. The van der Waals surface area contributed by atoms with Gasteiger partial charge >= 0.3 is 0 Å². The molecular weight excluding hydrogens is 318 g/mol. The molecule has 0 fully saturated rings. The summed E-state index contributed by atoms with van der Waals surface area (Å²) in [6.45, 7) is 3.99. The van der Waals surface area contributed by atoms with Gasteiger partial charge in [-0.25, -0.2) is 0 Å². The van der Waals surface area contributed by atoms with Crippen molar-refractivity contribution in [1.82, 2.24) is 4.57 Å². The maximum absolute atomic E-state index is 12.4. The van der Waals surface area contributed by atoms with Crippen molar-refractivity contribution in [2.24, 2.45) is 4.99 Å². The lowest BCUT2D eigenvalue weighted by Gasteiger charge is -2.09. The standard InChI is InChI=1S/C19H19N3O3/c1-3-17(23)15-6-8-16(9-7-15)25-13-19(24)22-12-14(11-20)5-10-18(22)21-4-2/h5-10,12H,3-4,13H2,1-2H3. The van der Waals surface area contributed by atoms with Crippen molar-refractivity contribution in [3.8, 4) is 11.8 Å². The van der Waals surface area contributed by atoms with Crippen molar-refractivity contribution in [2.45, 2.75) is 20.3 Å². The molecule has 1 heterocycles. The lowest BCUT2D eigenvalue weighted by molar-refractivity contribution is 0.0831. The van der Waals surface area contributed by atoms with Crippen LogP contribution in [0.1, 0.15) is 41.0 Å². The molecule has 0 aliphatic carbocycles. The molecule has 0 N–H and O–H groups in total. The fourth-order valence-corrected chi connectivity index (χ4v) is 2.21. The molecule has 6 heteroatoms. The number of carbonyl (C=O) groups excluding carboxylic acids is 2. The Bertz CT molecular complexity index is 874. The third kappa shape index (κ3) is 4.64. The Morgan fingerprint density at radius 1 is 1.16 bits per heavy atom. The van der Waals surface area contributed by atoms with Crippen LogP contribution in [0.25, 0.3) is 0 Å². The summed E-state index contributed by atoms with van der Waals surface area (Å²) in [6.07, 6.45) is 1.89. The van der Waals surface area contributed by atoms with Crippen molar-refractivity contribution in [2.75, 3.05) is 13.2 Å². The van der Waals surface area contributed by atoms with Gasteiger partial charge in [-0.15, -0.1) is 0 Å². The van der Waals surface area contributed by atoms with Crippen LogP contribution in [0.5, 0.6) is 5.75 Å². The number of ketones is 1. The van der Waals surface area contributed by atoms with E-state index in [1.807, 2.05) is 13.0 Å². The molecule has 0 aliphatic rings. The van der Waals surface area contributed by atoms with E-state index in [2.05, 4.69) is 4.99 Å². The number of carbonyl (C=O) groups is 2. The first-order chi connectivity index (χ1) is 12.1. The molecule has 2 rings (SSSR count). The molecule has 0 saturated heterocycles. The minimum absolute atomic E-state index is 0.0531. The zero-order valence-electron chi connectivity index (χ0n) is 14.2. The summed E-state index contributed by atoms with van der Waals surface area (Å²) in [5, 5.41) is 9.00. The van der Waals surface area contributed by atoms with E-state index in [4.69, 9.17) is 10.00 Å². The predicted octanol–water partition coefficient (Wildman–Crippen LogP) is 2.59. The molecule has 1 aromatic heterocycles. The number of Topliss-reactive ketones (excluding diaryl/α,β-unsaturated/α-hetero) is 1. The highest BCUT2D eigenvalue weighted by Crippen LogP contribution is 2.13. The number of ether oxygens (including phenoxy) is 1. The average molecular weight is 337 g/mol. The molecule has 0 amide bonds. The summed E-state index contributed by atoms with van der Waals surface area (Å²) >= 11 is 0. The van der Waals surface area contributed by atoms with E-state index in [-0.39, 0.29) is 18.3 Å². The first-order valence-corrected chi connectivity index (χ1v) is 8.01. The van der Waals surface area contributed by atoms with Crippen LogP contribution >= 0.6 is 0 Å². The molecule has 0 saturated carbocycles. The number of pyridine rings is 1. The average Bonchev–Trinajstić information content (AvgIpc) is 2.66. The van der Waals surface area contributed by atoms with E-state index in [9.17, 15) is 9.59 Å². The number of aromatic nitrogens is 1. The Kier molecular flexibility index (Phi) is 6.24. The highest BCUT2D eigenvalue weighted by atomic mass is 16.5. The Labute approximate surface area is 146 Å². The highest BCUT2D eigenvalue weighted by Gasteiger charge is 2.09. The van der Waals surface area contributed by atoms with Crippen LogP contribution in [0.2, 0.25) is 0 Å². The van der Waals surface area contributed by atoms with Gasteiger partial charge in [0.2, 0.25) is 0 Å². The van der Waals surface area contributed by atoms with Crippen LogP contribution in [0.15, 0.2) is 47.6 Å². The Balaban J connectivity index is 2.14. The second kappa shape index (κ2) is 8.60. The molecule has 25 heavy (non-hydrogen) atoms. The summed E-state index contributed by atoms with van der Waals surface area (Å²) in [5.41, 5.74) is 1.45. The predicted molar refractivity (Wildman–Crippen MR) is 92.4 cm³/mol. The molecule has 6 nitrogen and oxygen atoms in total. The lowest BCUT2D eigenvalue weighted by Crippen LogP contribution is -2.31. The normalized spacial score (nSPS) is 11.0. The summed E-state index contributed by atoms with van der Waals surface area (Å²) < 4.78 is 6.81. The molecule has 0 radical (unpaired) electrons. The summed E-state index contributed by atoms with van der Waals surface area (Å²) in [4.78, 5) is 28.3. The minimum atomic E-state index is -0.335. The number of benzene rings is 1. The van der Waals surface area contributed by atoms with E-state index < -0.39 is 0 Å². The van der Waals surface area contributed by atoms with E-state index >= 15 is 0 Å². The van der Waals surface area contributed by atoms with Crippen LogP contribution in [0.4, 0.5) is 0 Å². The van der Waals surface area contributed by atoms with Crippen LogP contribution < -0.4 is 10.2 Å². The number of rotatable bonds is 6. The van der Waals surface area contributed by atoms with Gasteiger partial charge in [0.1, 0.15) is 17.3 Å². The molecule has 0 bridgehead atoms. The molecule has 0 spiro atoms. The monoisotopic (exact) mass is 337 g/mol. The smallest absolute Gasteiger partial charge is 0.270 e. The molecule has 0 atom stereocenters. The number of nitrogens with zero attached hydrogens (tertiary/aromatic N) is 3. The van der Waals surface area contributed by atoms with Gasteiger partial charge in [-0.3, -0.25) is 19.1 Å². The zero-order chi connectivity index (χ0) is 18.2. The van der Waals surface area contributed by atoms with E-state index in [0.29, 0.717) is 35.3 Å². The van der Waals surface area contributed by atoms with Crippen molar-refractivity contribution < 1.29 is 14.3 Å². The second-order valence-electron chi connectivity index (χ2n) is 5.22. The van der Waals surface area contributed by atoms with E-state index in [1.165, 1.54) is 10.8 Å². The molecule has 0 aliphatic heterocycles. The van der Waals surface area contributed by atoms with Gasteiger partial charge in [0.15, 0.2) is 12.4 Å². The Morgan fingerprint density at radius 3 is 2.48 bits per heavy atom. The van der Waals surface area contributed by atoms with Gasteiger partial charge in [0.05, 0.1) is 5.56 Å². The highest BCUT2D eigenvalue weighted by molar-refractivity contribution is 5.95. The molecular formula is C19H19N3O3. The first-order valence-electron chi connectivity index (χ1n) is 8.01. The SMILES string of the molecule is CCN=c1ccc(C#N)cn1C(=O)COc1ccc(C(=O)CC)cc1. The molecule has 0 unspecified atom stereocenters. The van der Waals surface area contributed by atoms with Gasteiger partial charge in [0.25, 0.3) is 5.91 Å². The maximum Gasteiger partial charge on any atom is 0.270 e. The largest absolute Gasteiger partial charge is 0.484 e. The summed E-state index contributed by atoms with van der Waals surface area (Å²) in [6, 6.07) is 11.9. The van der Waals surface area contributed by atoms with Crippen LogP contribution in [-0.2, 0) is 0 Å². The van der Waals surface area contributed by atoms with Crippen molar-refractivity contribution in [1.29, 1.82) is 5.26 Å². The topological polar surface area (TPSA) is 84.4 Å². The van der Waals surface area contributed by atoms with Gasteiger partial charge in [-0.2, -0.15) is 5.26 Å². The van der Waals surface area contributed by atoms with Gasteiger partial charge in [0, 0.05) is 24.7 Å². The maximum atomic E-state index is 12.4. The summed E-state index contributed by atoms with van der Waals surface area (Å²) in [5.74, 6) is 0.211. The molecule has 128 valence electrons. The molecule has 1 aromatic carbocycles. The molecule has 2 aromatic rings. The van der Waals surface area contributed by atoms with Crippen LogP contribution in [-0.4, -0.2) is 29.4 Å². The fraction of sp³-hybridized carbons (Fsp3) is 0.263. The zero-order valence-corrected chi connectivity index (χ0v) is 14.2. The minimum Gasteiger partial charge on any atom is -0.484 e. The van der Waals surface area contributed by atoms with Gasteiger partial charge in [-0.1, -0.05) is 6.92 Å². The van der Waals surface area contributed by atoms with Gasteiger partial charge in [-0.05, 0) is 43.3 Å². The second-order valence-corrected chi connectivity index (χ2v) is 5.22. The number of hydrogen-bond acceptors (Lipinski definition) is 5. The number of nitriles is 1. The fourth-order valence-electron chi connectivity index (χ4n) is 2.21. The third-order valence-electron chi connectivity index (χ3n) is 3.50. The lowest BCUT2D eigenvalue weighted by atomic mass is 10.1. The van der Waals surface area contributed by atoms with Crippen molar-refractivity contribution >= 4 is 11.7 Å². The van der Waals surface area contributed by atoms with E-state index in [1.54, 1.807) is 43.3 Å². The van der Waals surface area contributed by atoms with Crippen LogP contribution in [0, 0.1) is 11.3 Å². The van der Waals surface area contributed by atoms with Crippen LogP contribution in [0.3, 0.4) is 0 Å². The number of hydrogen-bond donors (Lipinski definition) is 0.